The van der Waals surface area contributed by atoms with E-state index in [0.29, 0.717) is 5.92 Å². The molecule has 1 aliphatic heterocycles. The first kappa shape index (κ1) is 13.4. The molecule has 1 unspecified atom stereocenters. The van der Waals surface area contributed by atoms with Crippen molar-refractivity contribution in [3.63, 3.8) is 0 Å². The Kier molecular flexibility index (Phi) is 4.65. The maximum atomic E-state index is 9.83. The highest BCUT2D eigenvalue weighted by molar-refractivity contribution is 5.39. The summed E-state index contributed by atoms with van der Waals surface area (Å²) in [6.07, 6.45) is 4.85. The van der Waals surface area contributed by atoms with E-state index in [-0.39, 0.29) is 6.10 Å². The highest BCUT2D eigenvalue weighted by atomic mass is 16.5. The van der Waals surface area contributed by atoms with Gasteiger partial charge in [-0.1, -0.05) is 26.0 Å². The third kappa shape index (κ3) is 3.74. The number of fused-ring (bicyclic) bond motifs is 1. The molecule has 1 aromatic carbocycles. The average Bonchev–Trinajstić information content (AvgIpc) is 2.75. The van der Waals surface area contributed by atoms with Gasteiger partial charge in [-0.25, -0.2) is 0 Å². The molecule has 0 radical (unpaired) electrons. The molecular weight excluding hydrogens is 224 g/mol. The maximum absolute atomic E-state index is 9.83. The van der Waals surface area contributed by atoms with Gasteiger partial charge in [0.15, 0.2) is 0 Å². The first-order valence-electron chi connectivity index (χ1n) is 7.08. The smallest absolute Gasteiger partial charge is 0.122 e. The number of rotatable bonds is 6. The van der Waals surface area contributed by atoms with Crippen molar-refractivity contribution >= 4 is 0 Å². The predicted molar refractivity (Wildman–Crippen MR) is 74.0 cm³/mol. The molecule has 0 amide bonds. The van der Waals surface area contributed by atoms with Crippen LogP contribution in [-0.2, 0) is 12.8 Å². The first-order chi connectivity index (χ1) is 8.65. The van der Waals surface area contributed by atoms with E-state index < -0.39 is 0 Å². The molecule has 18 heavy (non-hydrogen) atoms. The largest absolute Gasteiger partial charge is 0.493 e. The monoisotopic (exact) mass is 248 g/mol. The van der Waals surface area contributed by atoms with Gasteiger partial charge < -0.3 is 9.84 Å². The molecular formula is C16H24O2. The zero-order valence-corrected chi connectivity index (χ0v) is 11.5. The third-order valence-corrected chi connectivity index (χ3v) is 3.50. The predicted octanol–water partition coefficient (Wildman–Crippen LogP) is 3.35. The summed E-state index contributed by atoms with van der Waals surface area (Å²) in [6.45, 7) is 5.14. The summed E-state index contributed by atoms with van der Waals surface area (Å²) in [5.74, 6) is 1.63. The van der Waals surface area contributed by atoms with Crippen LogP contribution < -0.4 is 4.74 Å². The van der Waals surface area contributed by atoms with Gasteiger partial charge in [-0.05, 0) is 48.8 Å². The number of aryl methyl sites for hydroxylation is 1. The van der Waals surface area contributed by atoms with Crippen molar-refractivity contribution in [2.75, 3.05) is 6.61 Å². The van der Waals surface area contributed by atoms with Crippen LogP contribution in [-0.4, -0.2) is 17.8 Å². The fourth-order valence-electron chi connectivity index (χ4n) is 2.60. The molecule has 2 nitrogen and oxygen atoms in total. The molecule has 1 atom stereocenters. The molecule has 0 bridgehead atoms. The molecule has 0 saturated heterocycles. The Morgan fingerprint density at radius 3 is 2.94 bits per heavy atom. The van der Waals surface area contributed by atoms with Crippen molar-refractivity contribution in [2.45, 2.75) is 52.1 Å². The van der Waals surface area contributed by atoms with E-state index in [1.54, 1.807) is 0 Å². The molecule has 0 saturated carbocycles. The van der Waals surface area contributed by atoms with E-state index in [1.165, 1.54) is 11.1 Å². The number of hydrogen-bond acceptors (Lipinski definition) is 2. The molecule has 1 aliphatic rings. The van der Waals surface area contributed by atoms with Gasteiger partial charge in [0.2, 0.25) is 0 Å². The van der Waals surface area contributed by atoms with Crippen molar-refractivity contribution in [3.8, 4) is 5.75 Å². The van der Waals surface area contributed by atoms with Crippen LogP contribution >= 0.6 is 0 Å². The summed E-state index contributed by atoms with van der Waals surface area (Å²) >= 11 is 0. The number of benzene rings is 1. The minimum absolute atomic E-state index is 0.136. The lowest BCUT2D eigenvalue weighted by atomic mass is 9.99. The molecule has 0 aromatic heterocycles. The summed E-state index contributed by atoms with van der Waals surface area (Å²) in [6, 6.07) is 6.50. The fraction of sp³-hybridized carbons (Fsp3) is 0.625. The standard InChI is InChI=1S/C16H24O2/c1-12(2)10-15(17)5-3-4-13-6-7-16-14(11-13)8-9-18-16/h6-7,11-12,15,17H,3-5,8-10H2,1-2H3. The van der Waals surface area contributed by atoms with Crippen LogP contribution in [0.15, 0.2) is 18.2 Å². The van der Waals surface area contributed by atoms with Gasteiger partial charge in [-0.2, -0.15) is 0 Å². The lowest BCUT2D eigenvalue weighted by Gasteiger charge is -2.12. The van der Waals surface area contributed by atoms with Crippen molar-refractivity contribution < 1.29 is 9.84 Å². The lowest BCUT2D eigenvalue weighted by Crippen LogP contribution is -2.10. The van der Waals surface area contributed by atoms with Gasteiger partial charge in [0, 0.05) is 6.42 Å². The Balaban J connectivity index is 1.77. The van der Waals surface area contributed by atoms with E-state index in [2.05, 4.69) is 32.0 Å². The molecule has 2 rings (SSSR count). The van der Waals surface area contributed by atoms with Gasteiger partial charge in [0.1, 0.15) is 5.75 Å². The normalized spacial score (nSPS) is 15.6. The van der Waals surface area contributed by atoms with Crippen LogP contribution in [0.5, 0.6) is 5.75 Å². The zero-order valence-electron chi connectivity index (χ0n) is 11.5. The summed E-state index contributed by atoms with van der Waals surface area (Å²) in [5, 5.41) is 9.83. The molecule has 0 spiro atoms. The highest BCUT2D eigenvalue weighted by Gasteiger charge is 2.12. The van der Waals surface area contributed by atoms with Crippen LogP contribution in [0.1, 0.15) is 44.2 Å². The second-order valence-corrected chi connectivity index (χ2v) is 5.72. The van der Waals surface area contributed by atoms with E-state index in [9.17, 15) is 5.11 Å². The molecule has 100 valence electrons. The Bertz CT molecular complexity index is 385. The Morgan fingerprint density at radius 2 is 2.17 bits per heavy atom. The summed E-state index contributed by atoms with van der Waals surface area (Å²) in [5.41, 5.74) is 2.71. The number of aliphatic hydroxyl groups is 1. The van der Waals surface area contributed by atoms with Gasteiger partial charge in [-0.3, -0.25) is 0 Å². The van der Waals surface area contributed by atoms with E-state index in [4.69, 9.17) is 4.74 Å². The van der Waals surface area contributed by atoms with Gasteiger partial charge in [0.05, 0.1) is 12.7 Å². The van der Waals surface area contributed by atoms with Crippen LogP contribution in [0.25, 0.3) is 0 Å². The second-order valence-electron chi connectivity index (χ2n) is 5.72. The number of ether oxygens (including phenoxy) is 1. The molecule has 0 fully saturated rings. The topological polar surface area (TPSA) is 29.5 Å². The van der Waals surface area contributed by atoms with Crippen molar-refractivity contribution in [1.82, 2.24) is 0 Å². The quantitative estimate of drug-likeness (QED) is 0.836. The van der Waals surface area contributed by atoms with Crippen LogP contribution in [0.2, 0.25) is 0 Å². The molecule has 0 aliphatic carbocycles. The molecule has 1 N–H and O–H groups in total. The van der Waals surface area contributed by atoms with Gasteiger partial charge in [0.25, 0.3) is 0 Å². The van der Waals surface area contributed by atoms with Crippen molar-refractivity contribution in [2.24, 2.45) is 5.92 Å². The van der Waals surface area contributed by atoms with E-state index in [0.717, 1.165) is 44.5 Å². The fourth-order valence-corrected chi connectivity index (χ4v) is 2.60. The zero-order chi connectivity index (χ0) is 13.0. The van der Waals surface area contributed by atoms with E-state index >= 15 is 0 Å². The maximum Gasteiger partial charge on any atom is 0.122 e. The Morgan fingerprint density at radius 1 is 1.33 bits per heavy atom. The SMILES string of the molecule is CC(C)CC(O)CCCc1ccc2c(c1)CCO2. The summed E-state index contributed by atoms with van der Waals surface area (Å²) in [4.78, 5) is 0. The highest BCUT2D eigenvalue weighted by Crippen LogP contribution is 2.26. The van der Waals surface area contributed by atoms with Crippen LogP contribution in [0, 0.1) is 5.92 Å². The first-order valence-corrected chi connectivity index (χ1v) is 7.08. The second kappa shape index (κ2) is 6.24. The Labute approximate surface area is 110 Å². The summed E-state index contributed by atoms with van der Waals surface area (Å²) < 4.78 is 5.50. The van der Waals surface area contributed by atoms with Crippen molar-refractivity contribution in [3.05, 3.63) is 29.3 Å². The van der Waals surface area contributed by atoms with Crippen LogP contribution in [0.3, 0.4) is 0 Å². The van der Waals surface area contributed by atoms with Gasteiger partial charge in [-0.15, -0.1) is 0 Å². The lowest BCUT2D eigenvalue weighted by molar-refractivity contribution is 0.137. The Hall–Kier alpha value is -1.02. The third-order valence-electron chi connectivity index (χ3n) is 3.50. The minimum atomic E-state index is -0.136. The molecule has 1 heterocycles. The van der Waals surface area contributed by atoms with Crippen molar-refractivity contribution in [1.29, 1.82) is 0 Å². The molecule has 1 aromatic rings. The number of aliphatic hydroxyl groups excluding tert-OH is 1. The van der Waals surface area contributed by atoms with Crippen LogP contribution in [0.4, 0.5) is 0 Å². The van der Waals surface area contributed by atoms with Gasteiger partial charge >= 0.3 is 0 Å². The average molecular weight is 248 g/mol. The minimum Gasteiger partial charge on any atom is -0.493 e. The summed E-state index contributed by atoms with van der Waals surface area (Å²) in [7, 11) is 0. The number of hydrogen-bond donors (Lipinski definition) is 1. The molecule has 2 heteroatoms. The van der Waals surface area contributed by atoms with E-state index in [1.807, 2.05) is 0 Å².